The van der Waals surface area contributed by atoms with Crippen LogP contribution in [0.5, 0.6) is 0 Å². The van der Waals surface area contributed by atoms with E-state index < -0.39 is 12.2 Å². The standard InChI is InChI=1S/C24H33Cl2N3O4/c1-24(2)8-10-27(16-21(24)31)14-18(30)15-29-12-11-28(9-7-23(29)33)22(32)6-4-17-3-5-19(25)20(26)13-17/h3-6,13,18,21,30-31H,7-12,14-16H2,1-2H3/b6-4+/t18?,21-/m1/s1. The molecule has 33 heavy (non-hydrogen) atoms. The zero-order valence-corrected chi connectivity index (χ0v) is 20.7. The van der Waals surface area contributed by atoms with Gasteiger partial charge in [-0.15, -0.1) is 0 Å². The second kappa shape index (κ2) is 11.2. The number of hydrogen-bond donors (Lipinski definition) is 2. The Bertz CT molecular complexity index is 892. The first kappa shape index (κ1) is 26.0. The summed E-state index contributed by atoms with van der Waals surface area (Å²) >= 11 is 11.9. The van der Waals surface area contributed by atoms with Crippen LogP contribution in [0.1, 0.15) is 32.3 Å². The van der Waals surface area contributed by atoms with Crippen molar-refractivity contribution in [1.29, 1.82) is 0 Å². The van der Waals surface area contributed by atoms with Crippen molar-refractivity contribution in [2.45, 2.75) is 38.9 Å². The highest BCUT2D eigenvalue weighted by atomic mass is 35.5. The lowest BCUT2D eigenvalue weighted by molar-refractivity contribution is -0.132. The highest BCUT2D eigenvalue weighted by molar-refractivity contribution is 6.42. The van der Waals surface area contributed by atoms with Crippen molar-refractivity contribution in [2.75, 3.05) is 45.8 Å². The maximum atomic E-state index is 12.6. The van der Waals surface area contributed by atoms with Gasteiger partial charge in [0.15, 0.2) is 0 Å². The van der Waals surface area contributed by atoms with Crippen LogP contribution >= 0.6 is 23.2 Å². The van der Waals surface area contributed by atoms with Crippen LogP contribution in [-0.4, -0.2) is 94.7 Å². The van der Waals surface area contributed by atoms with Gasteiger partial charge in [0.2, 0.25) is 11.8 Å². The van der Waals surface area contributed by atoms with Crippen LogP contribution < -0.4 is 0 Å². The monoisotopic (exact) mass is 497 g/mol. The Morgan fingerprint density at radius 3 is 2.64 bits per heavy atom. The third-order valence-corrected chi connectivity index (χ3v) is 7.31. The van der Waals surface area contributed by atoms with Crippen LogP contribution in [0.25, 0.3) is 6.08 Å². The van der Waals surface area contributed by atoms with Gasteiger partial charge in [0.25, 0.3) is 0 Å². The average Bonchev–Trinajstić information content (AvgIpc) is 2.93. The molecule has 0 aromatic heterocycles. The third-order valence-electron chi connectivity index (χ3n) is 6.57. The molecule has 2 saturated heterocycles. The van der Waals surface area contributed by atoms with E-state index in [0.29, 0.717) is 42.8 Å². The number of aliphatic hydroxyl groups is 2. The van der Waals surface area contributed by atoms with Gasteiger partial charge in [-0.05, 0) is 42.2 Å². The number of nitrogens with zero attached hydrogens (tertiary/aromatic N) is 3. The van der Waals surface area contributed by atoms with E-state index in [1.54, 1.807) is 34.1 Å². The van der Waals surface area contributed by atoms with Crippen LogP contribution in [0.3, 0.4) is 0 Å². The van der Waals surface area contributed by atoms with E-state index in [4.69, 9.17) is 23.2 Å². The Morgan fingerprint density at radius 2 is 1.94 bits per heavy atom. The molecule has 1 aromatic carbocycles. The van der Waals surface area contributed by atoms with Gasteiger partial charge in [0.05, 0.1) is 22.3 Å². The van der Waals surface area contributed by atoms with Gasteiger partial charge in [-0.1, -0.05) is 43.1 Å². The van der Waals surface area contributed by atoms with Crippen LogP contribution in [0.4, 0.5) is 0 Å². The second-order valence-electron chi connectivity index (χ2n) is 9.59. The third kappa shape index (κ3) is 7.17. The minimum absolute atomic E-state index is 0.0716. The number of carbonyl (C=O) groups excluding carboxylic acids is 2. The van der Waals surface area contributed by atoms with Crippen molar-refractivity contribution in [1.82, 2.24) is 14.7 Å². The fourth-order valence-corrected chi connectivity index (χ4v) is 4.45. The highest BCUT2D eigenvalue weighted by Crippen LogP contribution is 2.30. The van der Waals surface area contributed by atoms with E-state index in [1.807, 2.05) is 18.7 Å². The molecular weight excluding hydrogens is 465 g/mol. The minimum Gasteiger partial charge on any atom is -0.391 e. The molecule has 7 nitrogen and oxygen atoms in total. The van der Waals surface area contributed by atoms with Crippen molar-refractivity contribution < 1.29 is 19.8 Å². The maximum Gasteiger partial charge on any atom is 0.246 e. The predicted molar refractivity (Wildman–Crippen MR) is 130 cm³/mol. The van der Waals surface area contributed by atoms with Crippen LogP contribution in [0.2, 0.25) is 10.0 Å². The summed E-state index contributed by atoms with van der Waals surface area (Å²) in [4.78, 5) is 30.5. The minimum atomic E-state index is -0.709. The number of hydrogen-bond acceptors (Lipinski definition) is 5. The fourth-order valence-electron chi connectivity index (χ4n) is 4.14. The predicted octanol–water partition coefficient (Wildman–Crippen LogP) is 2.52. The van der Waals surface area contributed by atoms with Crippen LogP contribution in [0.15, 0.2) is 24.3 Å². The van der Waals surface area contributed by atoms with E-state index in [0.717, 1.165) is 18.5 Å². The summed E-state index contributed by atoms with van der Waals surface area (Å²) in [6.45, 7) is 7.17. The maximum absolute atomic E-state index is 12.6. The van der Waals surface area contributed by atoms with Crippen molar-refractivity contribution in [3.8, 4) is 0 Å². The summed E-state index contributed by atoms with van der Waals surface area (Å²) in [5.74, 6) is -0.251. The molecule has 0 bridgehead atoms. The molecule has 0 aliphatic carbocycles. The smallest absolute Gasteiger partial charge is 0.246 e. The number of aliphatic hydroxyl groups excluding tert-OH is 2. The second-order valence-corrected chi connectivity index (χ2v) is 10.4. The number of carbonyl (C=O) groups is 2. The summed E-state index contributed by atoms with van der Waals surface area (Å²) in [6.07, 6.45) is 3.07. The van der Waals surface area contributed by atoms with Gasteiger partial charge in [0, 0.05) is 51.8 Å². The van der Waals surface area contributed by atoms with E-state index in [1.165, 1.54) is 6.08 Å². The van der Waals surface area contributed by atoms with Crippen molar-refractivity contribution in [3.63, 3.8) is 0 Å². The molecule has 1 unspecified atom stereocenters. The largest absolute Gasteiger partial charge is 0.391 e. The molecule has 0 spiro atoms. The lowest BCUT2D eigenvalue weighted by atomic mass is 9.80. The average molecular weight is 498 g/mol. The summed E-state index contributed by atoms with van der Waals surface area (Å²) in [5, 5.41) is 21.8. The number of rotatable bonds is 6. The molecule has 2 heterocycles. The Morgan fingerprint density at radius 1 is 1.18 bits per heavy atom. The molecular formula is C24H33Cl2N3O4. The molecule has 3 rings (SSSR count). The molecule has 0 saturated carbocycles. The molecule has 2 amide bonds. The van der Waals surface area contributed by atoms with Gasteiger partial charge in [-0.3, -0.25) is 14.5 Å². The SMILES string of the molecule is CC1(C)CCN(CC(O)CN2CCN(C(=O)/C=C/c3ccc(Cl)c(Cl)c3)CCC2=O)C[C@H]1O. The molecule has 2 N–H and O–H groups in total. The van der Waals surface area contributed by atoms with E-state index in [-0.39, 0.29) is 30.2 Å². The number of amides is 2. The Hall–Kier alpha value is -1.64. The highest BCUT2D eigenvalue weighted by Gasteiger charge is 2.35. The van der Waals surface area contributed by atoms with Crippen LogP contribution in [-0.2, 0) is 9.59 Å². The van der Waals surface area contributed by atoms with E-state index in [2.05, 4.69) is 0 Å². The number of β-amino-alcohol motifs (C(OH)–C–C–N with tert-alkyl or cyclic N) is 2. The molecule has 1 aromatic rings. The van der Waals surface area contributed by atoms with Gasteiger partial charge in [0.1, 0.15) is 0 Å². The molecule has 2 atom stereocenters. The molecule has 9 heteroatoms. The molecule has 182 valence electrons. The molecule has 0 radical (unpaired) electrons. The zero-order chi connectivity index (χ0) is 24.2. The number of likely N-dealkylation sites (tertiary alicyclic amines) is 1. The summed E-state index contributed by atoms with van der Waals surface area (Å²) in [7, 11) is 0. The van der Waals surface area contributed by atoms with Crippen molar-refractivity contribution in [2.24, 2.45) is 5.41 Å². The molecule has 2 aliphatic heterocycles. The van der Waals surface area contributed by atoms with E-state index >= 15 is 0 Å². The Kier molecular flexibility index (Phi) is 8.81. The lowest BCUT2D eigenvalue weighted by Gasteiger charge is -2.42. The van der Waals surface area contributed by atoms with Gasteiger partial charge in [-0.25, -0.2) is 0 Å². The first-order valence-electron chi connectivity index (χ1n) is 11.3. The normalized spacial score (nSPS) is 23.1. The molecule has 2 aliphatic rings. The first-order valence-corrected chi connectivity index (χ1v) is 12.1. The van der Waals surface area contributed by atoms with Crippen LogP contribution in [0, 0.1) is 5.41 Å². The van der Waals surface area contributed by atoms with Crippen molar-refractivity contribution in [3.05, 3.63) is 39.9 Å². The van der Waals surface area contributed by atoms with Gasteiger partial charge in [-0.2, -0.15) is 0 Å². The fraction of sp³-hybridized carbons (Fsp3) is 0.583. The Labute approximate surface area is 205 Å². The summed E-state index contributed by atoms with van der Waals surface area (Å²) in [6, 6.07) is 5.13. The zero-order valence-electron chi connectivity index (χ0n) is 19.2. The summed E-state index contributed by atoms with van der Waals surface area (Å²) < 4.78 is 0. The molecule has 2 fully saturated rings. The Balaban J connectivity index is 1.50. The van der Waals surface area contributed by atoms with Gasteiger partial charge < -0.3 is 20.0 Å². The number of benzene rings is 1. The van der Waals surface area contributed by atoms with Gasteiger partial charge >= 0.3 is 0 Å². The first-order chi connectivity index (χ1) is 15.5. The van der Waals surface area contributed by atoms with E-state index in [9.17, 15) is 19.8 Å². The summed E-state index contributed by atoms with van der Waals surface area (Å²) in [5.41, 5.74) is 0.645. The number of piperidine rings is 1. The van der Waals surface area contributed by atoms with Crippen molar-refractivity contribution >= 4 is 41.1 Å². The number of halogens is 2. The lowest BCUT2D eigenvalue weighted by Crippen LogP contribution is -2.51. The topological polar surface area (TPSA) is 84.3 Å². The quantitative estimate of drug-likeness (QED) is 0.589.